The number of urea groups is 1. The molecule has 0 aromatic heterocycles. The van der Waals surface area contributed by atoms with Gasteiger partial charge in [-0.15, -0.1) is 0 Å². The molecule has 1 saturated heterocycles. The first-order chi connectivity index (χ1) is 17.9. The van der Waals surface area contributed by atoms with Gasteiger partial charge in [0.05, 0.1) is 6.04 Å². The van der Waals surface area contributed by atoms with E-state index in [1.54, 1.807) is 20.8 Å². The quantitative estimate of drug-likeness (QED) is 0.220. The van der Waals surface area contributed by atoms with Gasteiger partial charge in [-0.2, -0.15) is 0 Å². The fourth-order valence-electron chi connectivity index (χ4n) is 5.04. The van der Waals surface area contributed by atoms with Crippen LogP contribution < -0.4 is 21.7 Å². The van der Waals surface area contributed by atoms with Crippen LogP contribution in [0.5, 0.6) is 0 Å². The van der Waals surface area contributed by atoms with Crippen LogP contribution in [0.1, 0.15) is 78.6 Å². The summed E-state index contributed by atoms with van der Waals surface area (Å²) >= 11 is 0. The SMILES string of the molecule is CC(C)(C)C(NC(=O)NCC(=O)OC1CCCC1)C(=O)N1CCC[C@H]1C(=O)NC(CC1CC1)C(=O)C(N)=O. The molecular weight excluding hydrogens is 494 g/mol. The van der Waals surface area contributed by atoms with Crippen LogP contribution in [-0.4, -0.2) is 77.7 Å². The molecule has 3 atom stereocenters. The number of primary amides is 1. The van der Waals surface area contributed by atoms with E-state index in [2.05, 4.69) is 16.0 Å². The molecule has 3 rings (SSSR count). The molecule has 38 heavy (non-hydrogen) atoms. The third kappa shape index (κ3) is 8.16. The van der Waals surface area contributed by atoms with Crippen molar-refractivity contribution in [1.82, 2.24) is 20.9 Å². The molecule has 1 aliphatic heterocycles. The Hall–Kier alpha value is -3.18. The Morgan fingerprint density at radius 2 is 1.61 bits per heavy atom. The monoisotopic (exact) mass is 535 g/mol. The minimum Gasteiger partial charge on any atom is -0.461 e. The van der Waals surface area contributed by atoms with E-state index in [0.717, 1.165) is 38.5 Å². The lowest BCUT2D eigenvalue weighted by Crippen LogP contribution is -2.60. The summed E-state index contributed by atoms with van der Waals surface area (Å²) in [6.07, 6.45) is 6.69. The first-order valence-electron chi connectivity index (χ1n) is 13.5. The smallest absolute Gasteiger partial charge is 0.325 e. The van der Waals surface area contributed by atoms with Crippen LogP contribution in [0.25, 0.3) is 0 Å². The summed E-state index contributed by atoms with van der Waals surface area (Å²) in [6.45, 7) is 5.33. The molecule has 2 saturated carbocycles. The van der Waals surface area contributed by atoms with Crippen LogP contribution in [-0.2, 0) is 28.7 Å². The van der Waals surface area contributed by atoms with Gasteiger partial charge in [-0.1, -0.05) is 33.6 Å². The predicted octanol–water partition coefficient (Wildman–Crippen LogP) is 0.516. The zero-order chi connectivity index (χ0) is 28.0. The number of nitrogens with one attached hydrogen (secondary N) is 3. The first kappa shape index (κ1) is 29.4. The molecule has 0 aromatic carbocycles. The molecule has 5 N–H and O–H groups in total. The standard InChI is InChI=1S/C26H41N5O7/c1-26(2,3)21(30-25(37)28-14-19(32)38-16-7-4-5-8-16)24(36)31-12-6-9-18(31)23(35)29-17(13-15-10-11-15)20(33)22(27)34/h15-18,21H,4-14H2,1-3H3,(H2,27,34)(H,29,35)(H2,28,30,37)/t17?,18-,21?/m0/s1. The zero-order valence-corrected chi connectivity index (χ0v) is 22.5. The van der Waals surface area contributed by atoms with Crippen molar-refractivity contribution in [2.45, 2.75) is 103 Å². The number of nitrogens with zero attached hydrogens (tertiary/aromatic N) is 1. The summed E-state index contributed by atoms with van der Waals surface area (Å²) in [5.41, 5.74) is 4.47. The average Bonchev–Trinajstić information content (AvgIpc) is 3.29. The van der Waals surface area contributed by atoms with Gasteiger partial charge in [0.15, 0.2) is 0 Å². The maximum Gasteiger partial charge on any atom is 0.325 e. The molecule has 0 radical (unpaired) electrons. The van der Waals surface area contributed by atoms with Crippen LogP contribution >= 0.6 is 0 Å². The van der Waals surface area contributed by atoms with Crippen LogP contribution in [0.4, 0.5) is 4.79 Å². The second kappa shape index (κ2) is 12.6. The molecule has 2 unspecified atom stereocenters. The highest BCUT2D eigenvalue weighted by atomic mass is 16.5. The maximum atomic E-state index is 13.6. The number of rotatable bonds is 11. The Morgan fingerprint density at radius 1 is 0.947 bits per heavy atom. The number of carbonyl (C=O) groups is 6. The molecule has 12 heteroatoms. The van der Waals surface area contributed by atoms with E-state index in [1.165, 1.54) is 4.90 Å². The van der Waals surface area contributed by atoms with E-state index in [4.69, 9.17) is 10.5 Å². The second-order valence-corrected chi connectivity index (χ2v) is 11.7. The molecule has 0 bridgehead atoms. The van der Waals surface area contributed by atoms with Gasteiger partial charge in [0.25, 0.3) is 5.91 Å². The number of Topliss-reactive ketones (excluding diaryl/α,β-unsaturated/α-hetero) is 1. The van der Waals surface area contributed by atoms with E-state index >= 15 is 0 Å². The van der Waals surface area contributed by atoms with Gasteiger partial charge in [-0.25, -0.2) is 4.79 Å². The molecule has 12 nitrogen and oxygen atoms in total. The van der Waals surface area contributed by atoms with E-state index in [0.29, 0.717) is 25.8 Å². The third-order valence-corrected chi connectivity index (χ3v) is 7.36. The summed E-state index contributed by atoms with van der Waals surface area (Å²) < 4.78 is 5.34. The number of ether oxygens (including phenoxy) is 1. The maximum absolute atomic E-state index is 13.6. The van der Waals surface area contributed by atoms with E-state index in [-0.39, 0.29) is 18.6 Å². The van der Waals surface area contributed by atoms with Crippen molar-refractivity contribution in [3.8, 4) is 0 Å². The minimum absolute atomic E-state index is 0.114. The Morgan fingerprint density at radius 3 is 2.18 bits per heavy atom. The minimum atomic E-state index is -1.11. The highest BCUT2D eigenvalue weighted by Gasteiger charge is 2.43. The van der Waals surface area contributed by atoms with Crippen molar-refractivity contribution in [3.05, 3.63) is 0 Å². The highest BCUT2D eigenvalue weighted by molar-refractivity contribution is 6.37. The number of ketones is 1. The normalized spacial score (nSPS) is 21.3. The number of likely N-dealkylation sites (tertiary alicyclic amines) is 1. The topological polar surface area (TPSA) is 177 Å². The largest absolute Gasteiger partial charge is 0.461 e. The first-order valence-corrected chi connectivity index (χ1v) is 13.5. The average molecular weight is 536 g/mol. The second-order valence-electron chi connectivity index (χ2n) is 11.7. The lowest BCUT2D eigenvalue weighted by atomic mass is 9.85. The summed E-state index contributed by atoms with van der Waals surface area (Å²) in [5.74, 6) is -3.20. The third-order valence-electron chi connectivity index (χ3n) is 7.36. The van der Waals surface area contributed by atoms with Gasteiger partial charge in [-0.3, -0.25) is 24.0 Å². The van der Waals surface area contributed by atoms with Crippen molar-refractivity contribution in [1.29, 1.82) is 0 Å². The van der Waals surface area contributed by atoms with Crippen molar-refractivity contribution >= 4 is 35.5 Å². The van der Waals surface area contributed by atoms with Crippen molar-refractivity contribution in [3.63, 3.8) is 0 Å². The summed E-state index contributed by atoms with van der Waals surface area (Å²) in [4.78, 5) is 76.6. The van der Waals surface area contributed by atoms with Crippen molar-refractivity contribution in [2.24, 2.45) is 17.1 Å². The van der Waals surface area contributed by atoms with E-state index < -0.39 is 59.0 Å². The summed E-state index contributed by atoms with van der Waals surface area (Å²) in [7, 11) is 0. The molecule has 212 valence electrons. The predicted molar refractivity (Wildman–Crippen MR) is 136 cm³/mol. The Labute approximate surface area is 223 Å². The Bertz CT molecular complexity index is 937. The van der Waals surface area contributed by atoms with Crippen molar-refractivity contribution < 1.29 is 33.5 Å². The summed E-state index contributed by atoms with van der Waals surface area (Å²) in [5, 5.41) is 7.75. The Balaban J connectivity index is 1.60. The molecular formula is C26H41N5O7. The Kier molecular flexibility index (Phi) is 9.72. The molecule has 2 aliphatic carbocycles. The van der Waals surface area contributed by atoms with Gasteiger partial charge in [-0.05, 0) is 56.3 Å². The number of amides is 5. The van der Waals surface area contributed by atoms with Gasteiger partial charge >= 0.3 is 12.0 Å². The molecule has 5 amide bonds. The van der Waals surface area contributed by atoms with Gasteiger partial charge in [0, 0.05) is 6.54 Å². The molecule has 1 heterocycles. The molecule has 0 aromatic rings. The van der Waals surface area contributed by atoms with Crippen LogP contribution in [0.2, 0.25) is 0 Å². The summed E-state index contributed by atoms with van der Waals surface area (Å²) in [6, 6.07) is -3.55. The van der Waals surface area contributed by atoms with Gasteiger partial charge in [0.2, 0.25) is 17.6 Å². The molecule has 3 aliphatic rings. The van der Waals surface area contributed by atoms with Gasteiger partial charge in [0.1, 0.15) is 24.7 Å². The fraction of sp³-hybridized carbons (Fsp3) is 0.769. The molecule has 0 spiro atoms. The number of nitrogens with two attached hydrogens (primary N) is 1. The zero-order valence-electron chi connectivity index (χ0n) is 22.5. The lowest BCUT2D eigenvalue weighted by Gasteiger charge is -2.35. The van der Waals surface area contributed by atoms with Crippen LogP contribution in [0.15, 0.2) is 0 Å². The fourth-order valence-corrected chi connectivity index (χ4v) is 5.04. The number of carbonyl (C=O) groups excluding carboxylic acids is 6. The molecule has 3 fully saturated rings. The van der Waals surface area contributed by atoms with Crippen LogP contribution in [0.3, 0.4) is 0 Å². The van der Waals surface area contributed by atoms with Gasteiger partial charge < -0.3 is 31.3 Å². The number of hydrogen-bond acceptors (Lipinski definition) is 7. The van der Waals surface area contributed by atoms with Crippen LogP contribution in [0, 0.1) is 11.3 Å². The lowest BCUT2D eigenvalue weighted by molar-refractivity contribution is -0.147. The number of esters is 1. The highest BCUT2D eigenvalue weighted by Crippen LogP contribution is 2.34. The van der Waals surface area contributed by atoms with E-state index in [9.17, 15) is 28.8 Å². The van der Waals surface area contributed by atoms with Crippen molar-refractivity contribution in [2.75, 3.05) is 13.1 Å². The van der Waals surface area contributed by atoms with E-state index in [1.807, 2.05) is 0 Å². The number of hydrogen-bond donors (Lipinski definition) is 4.